The van der Waals surface area contributed by atoms with Gasteiger partial charge in [0.2, 0.25) is 5.96 Å². The lowest BCUT2D eigenvalue weighted by Crippen LogP contribution is -2.34. The summed E-state index contributed by atoms with van der Waals surface area (Å²) in [7, 11) is -4.20. The Morgan fingerprint density at radius 1 is 1.15 bits per heavy atom. The number of guanidine groups is 1. The summed E-state index contributed by atoms with van der Waals surface area (Å²) in [6.45, 7) is 0. The monoisotopic (exact) mass is 389 g/mol. The van der Waals surface area contributed by atoms with E-state index in [0.29, 0.717) is 4.88 Å². The summed E-state index contributed by atoms with van der Waals surface area (Å²) < 4.78 is 28.7. The second-order valence-corrected chi connectivity index (χ2v) is 8.07. The normalized spacial score (nSPS) is 11.4. The number of nitrogens with two attached hydrogens (primary N) is 1. The average Bonchev–Trinajstić information content (AvgIpc) is 3.05. The summed E-state index contributed by atoms with van der Waals surface area (Å²) in [4.78, 5) is 12.7. The Balaban J connectivity index is 1.90. The molecule has 0 amide bonds. The molecule has 9 heteroatoms. The van der Waals surface area contributed by atoms with Gasteiger partial charge in [0.15, 0.2) is 5.78 Å². The molecule has 1 heterocycles. The van der Waals surface area contributed by atoms with Crippen molar-refractivity contribution in [2.24, 2.45) is 5.73 Å². The average molecular weight is 389 g/mol. The van der Waals surface area contributed by atoms with Crippen molar-refractivity contribution in [2.45, 2.75) is 0 Å². The van der Waals surface area contributed by atoms with E-state index >= 15 is 0 Å². The highest BCUT2D eigenvalue weighted by Gasteiger charge is 2.22. The molecular weight excluding hydrogens is 374 g/mol. The molecular formula is C17H15N3O4S2. The fourth-order valence-corrected chi connectivity index (χ4v) is 4.31. The number of carbonyl (C=O) groups is 1. The molecule has 0 radical (unpaired) electrons. The second-order valence-electron chi connectivity index (χ2n) is 5.42. The van der Waals surface area contributed by atoms with Crippen LogP contribution in [0, 0.1) is 5.41 Å². The molecule has 4 N–H and O–H groups in total. The first-order valence-electron chi connectivity index (χ1n) is 7.48. The quantitative estimate of drug-likeness (QED) is 0.258. The topological polar surface area (TPSA) is 122 Å². The number of hydrogen-bond donors (Lipinski definition) is 3. The minimum absolute atomic E-state index is 0.318. The number of Topliss-reactive ketones (excluding diaryl/α,β-unsaturated/α-hetero) is 1. The van der Waals surface area contributed by atoms with Gasteiger partial charge in [-0.2, -0.15) is 8.42 Å². The number of hydroxylamine groups is 1. The lowest BCUT2D eigenvalue weighted by atomic mass is 10.0. The van der Waals surface area contributed by atoms with Crippen molar-refractivity contribution in [1.29, 1.82) is 5.41 Å². The van der Waals surface area contributed by atoms with Gasteiger partial charge in [-0.3, -0.25) is 10.2 Å². The fourth-order valence-electron chi connectivity index (χ4n) is 2.44. The maximum atomic E-state index is 12.4. The first kappa shape index (κ1) is 18.1. The number of benzene rings is 2. The predicted octanol–water partition coefficient (Wildman–Crippen LogP) is 2.50. The van der Waals surface area contributed by atoms with E-state index in [1.165, 1.54) is 11.3 Å². The molecule has 3 rings (SSSR count). The highest BCUT2D eigenvalue weighted by Crippen LogP contribution is 2.34. The van der Waals surface area contributed by atoms with Crippen molar-refractivity contribution in [2.75, 3.05) is 5.75 Å². The van der Waals surface area contributed by atoms with E-state index in [0.717, 1.165) is 21.2 Å². The third-order valence-corrected chi connectivity index (χ3v) is 5.60. The van der Waals surface area contributed by atoms with Crippen LogP contribution in [0.15, 0.2) is 54.6 Å². The summed E-state index contributed by atoms with van der Waals surface area (Å²) >= 11 is 1.22. The summed E-state index contributed by atoms with van der Waals surface area (Å²) in [5.41, 5.74) is 8.67. The van der Waals surface area contributed by atoms with Crippen LogP contribution in [0.1, 0.15) is 9.67 Å². The Morgan fingerprint density at radius 3 is 2.58 bits per heavy atom. The predicted molar refractivity (Wildman–Crippen MR) is 102 cm³/mol. The summed E-state index contributed by atoms with van der Waals surface area (Å²) in [5.74, 6) is -2.10. The van der Waals surface area contributed by atoms with Crippen LogP contribution >= 0.6 is 11.3 Å². The van der Waals surface area contributed by atoms with Crippen LogP contribution in [0.25, 0.3) is 21.2 Å². The molecule has 26 heavy (non-hydrogen) atoms. The standard InChI is InChI=1S/C17H15N3O4S2/c18-17(19)20-24-26(22,23)10-14(21)16-9-13-12(7-4-8-15(13)25-16)11-5-2-1-3-6-11/h1-9H,10H2,(H4,18,19,20). The van der Waals surface area contributed by atoms with E-state index in [1.54, 1.807) is 11.5 Å². The molecule has 0 bridgehead atoms. The van der Waals surface area contributed by atoms with Crippen LogP contribution in [0.2, 0.25) is 0 Å². The van der Waals surface area contributed by atoms with Crippen LogP contribution in [0.3, 0.4) is 0 Å². The zero-order valence-corrected chi connectivity index (χ0v) is 15.1. The molecule has 1 aromatic heterocycles. The zero-order chi connectivity index (χ0) is 18.7. The molecule has 0 fully saturated rings. The molecule has 0 aliphatic carbocycles. The molecule has 0 spiro atoms. The van der Waals surface area contributed by atoms with Crippen molar-refractivity contribution in [3.63, 3.8) is 0 Å². The van der Waals surface area contributed by atoms with Crippen molar-refractivity contribution in [3.05, 3.63) is 59.5 Å². The number of ketones is 1. The largest absolute Gasteiger partial charge is 0.368 e. The minimum atomic E-state index is -4.20. The van der Waals surface area contributed by atoms with Gasteiger partial charge >= 0.3 is 0 Å². The van der Waals surface area contributed by atoms with E-state index < -0.39 is 27.6 Å². The highest BCUT2D eigenvalue weighted by molar-refractivity contribution is 7.87. The molecule has 0 atom stereocenters. The van der Waals surface area contributed by atoms with E-state index in [1.807, 2.05) is 48.5 Å². The van der Waals surface area contributed by atoms with Gasteiger partial charge in [-0.1, -0.05) is 42.5 Å². The van der Waals surface area contributed by atoms with Gasteiger partial charge in [0.1, 0.15) is 5.75 Å². The molecule has 7 nitrogen and oxygen atoms in total. The zero-order valence-electron chi connectivity index (χ0n) is 13.4. The lowest BCUT2D eigenvalue weighted by molar-refractivity contribution is 0.102. The van der Waals surface area contributed by atoms with Gasteiger partial charge in [-0.25, -0.2) is 5.48 Å². The molecule has 0 saturated carbocycles. The van der Waals surface area contributed by atoms with Crippen molar-refractivity contribution < 1.29 is 17.5 Å². The van der Waals surface area contributed by atoms with Gasteiger partial charge in [-0.15, -0.1) is 15.6 Å². The van der Waals surface area contributed by atoms with E-state index in [-0.39, 0.29) is 0 Å². The number of nitrogens with one attached hydrogen (secondary N) is 2. The van der Waals surface area contributed by atoms with Crippen molar-refractivity contribution in [1.82, 2.24) is 5.48 Å². The lowest BCUT2D eigenvalue weighted by Gasteiger charge is -2.04. The molecule has 0 aliphatic rings. The Labute approximate surface area is 154 Å². The molecule has 0 saturated heterocycles. The maximum absolute atomic E-state index is 12.4. The Hall–Kier alpha value is -2.75. The number of fused-ring (bicyclic) bond motifs is 1. The van der Waals surface area contributed by atoms with E-state index in [9.17, 15) is 13.2 Å². The fraction of sp³-hybridized carbons (Fsp3) is 0.0588. The number of rotatable bonds is 6. The van der Waals surface area contributed by atoms with E-state index in [2.05, 4.69) is 4.28 Å². The molecule has 2 aromatic carbocycles. The van der Waals surface area contributed by atoms with Crippen LogP contribution in [-0.2, 0) is 14.4 Å². The van der Waals surface area contributed by atoms with E-state index in [4.69, 9.17) is 11.1 Å². The number of thiophene rings is 1. The maximum Gasteiger partial charge on any atom is 0.295 e. The van der Waals surface area contributed by atoms with Gasteiger partial charge in [0, 0.05) is 10.1 Å². The van der Waals surface area contributed by atoms with Gasteiger partial charge in [-0.05, 0) is 23.3 Å². The Morgan fingerprint density at radius 2 is 1.88 bits per heavy atom. The molecule has 0 unspecified atom stereocenters. The third kappa shape index (κ3) is 4.07. The minimum Gasteiger partial charge on any atom is -0.368 e. The van der Waals surface area contributed by atoms with Gasteiger partial charge in [0.25, 0.3) is 10.1 Å². The molecule has 0 aliphatic heterocycles. The SMILES string of the molecule is N=C(N)NOS(=O)(=O)CC(=O)c1cc2c(-c3ccccc3)cccc2s1. The second kappa shape index (κ2) is 7.24. The highest BCUT2D eigenvalue weighted by atomic mass is 32.2. The molecule has 3 aromatic rings. The van der Waals surface area contributed by atoms with Gasteiger partial charge in [0.05, 0.1) is 4.88 Å². The van der Waals surface area contributed by atoms with Crippen LogP contribution in [0.5, 0.6) is 0 Å². The molecule has 134 valence electrons. The smallest absolute Gasteiger partial charge is 0.295 e. The van der Waals surface area contributed by atoms with Crippen LogP contribution in [-0.4, -0.2) is 25.9 Å². The number of carbonyl (C=O) groups excluding carboxylic acids is 1. The van der Waals surface area contributed by atoms with Crippen molar-refractivity contribution >= 4 is 43.3 Å². The van der Waals surface area contributed by atoms with Crippen LogP contribution in [0.4, 0.5) is 0 Å². The number of hydrogen-bond acceptors (Lipinski definition) is 6. The summed E-state index contributed by atoms with van der Waals surface area (Å²) in [6, 6.07) is 17.1. The van der Waals surface area contributed by atoms with Gasteiger partial charge < -0.3 is 5.73 Å². The van der Waals surface area contributed by atoms with Crippen LogP contribution < -0.4 is 11.2 Å². The summed E-state index contributed by atoms with van der Waals surface area (Å²) in [5, 5.41) is 7.78. The summed E-state index contributed by atoms with van der Waals surface area (Å²) in [6.07, 6.45) is 0. The Kier molecular flexibility index (Phi) is 5.03. The Bertz CT molecular complexity index is 1080. The first-order chi connectivity index (χ1) is 12.4. The third-order valence-electron chi connectivity index (χ3n) is 3.51. The van der Waals surface area contributed by atoms with Crippen molar-refractivity contribution in [3.8, 4) is 11.1 Å². The first-order valence-corrected chi connectivity index (χ1v) is 9.87.